The number of ether oxygens (including phenoxy) is 1. The van der Waals surface area contributed by atoms with Crippen molar-refractivity contribution >= 4 is 57.9 Å². The van der Waals surface area contributed by atoms with Gasteiger partial charge in [-0.1, -0.05) is 11.6 Å². The summed E-state index contributed by atoms with van der Waals surface area (Å²) in [7, 11) is 0. The van der Waals surface area contributed by atoms with E-state index in [4.69, 9.17) is 16.3 Å². The lowest BCUT2D eigenvalue weighted by Crippen LogP contribution is -2.50. The number of carbonyl (C=O) groups is 4. The number of anilines is 2. The molecule has 34 heavy (non-hydrogen) atoms. The molecule has 1 atom stereocenters. The van der Waals surface area contributed by atoms with Crippen LogP contribution >= 0.6 is 22.9 Å². The van der Waals surface area contributed by atoms with Crippen LogP contribution in [0.3, 0.4) is 0 Å². The molecule has 1 fully saturated rings. The van der Waals surface area contributed by atoms with Gasteiger partial charge in [0.15, 0.2) is 0 Å². The lowest BCUT2D eigenvalue weighted by Gasteiger charge is -2.29. The molecule has 0 bridgehead atoms. The molecule has 13 heteroatoms. The molecule has 0 spiro atoms. The van der Waals surface area contributed by atoms with Gasteiger partial charge >= 0.3 is 0 Å². The Balaban J connectivity index is 1.73. The summed E-state index contributed by atoms with van der Waals surface area (Å²) in [5, 5.41) is 7.41. The van der Waals surface area contributed by atoms with Crippen molar-refractivity contribution in [1.29, 1.82) is 0 Å². The highest BCUT2D eigenvalue weighted by molar-refractivity contribution is 7.18. The minimum absolute atomic E-state index is 0.0292. The Hall–Kier alpha value is -3.09. The molecular formula is C21H21ClF2N4O5S. The highest BCUT2D eigenvalue weighted by atomic mass is 35.5. The Bertz CT molecular complexity index is 1100. The zero-order valence-electron chi connectivity index (χ0n) is 17.9. The second-order valence-corrected chi connectivity index (χ2v) is 8.94. The first-order valence-corrected chi connectivity index (χ1v) is 11.3. The number of alkyl halides is 2. The van der Waals surface area contributed by atoms with Crippen molar-refractivity contribution in [2.24, 2.45) is 0 Å². The summed E-state index contributed by atoms with van der Waals surface area (Å²) in [6.07, 6.45) is -2.91. The third kappa shape index (κ3) is 6.49. The van der Waals surface area contributed by atoms with Gasteiger partial charge in [-0.2, -0.15) is 0 Å². The number of thiophene rings is 1. The lowest BCUT2D eigenvalue weighted by atomic mass is 10.1. The summed E-state index contributed by atoms with van der Waals surface area (Å²) in [6.45, 7) is 1.09. The van der Waals surface area contributed by atoms with Gasteiger partial charge in [0.1, 0.15) is 12.6 Å². The van der Waals surface area contributed by atoms with E-state index in [-0.39, 0.29) is 37.7 Å². The number of hydrogen-bond donors (Lipinski definition) is 3. The van der Waals surface area contributed by atoms with E-state index in [2.05, 4.69) is 16.0 Å². The molecule has 0 radical (unpaired) electrons. The van der Waals surface area contributed by atoms with Crippen LogP contribution in [0.25, 0.3) is 0 Å². The second kappa shape index (κ2) is 11.4. The number of nitrogens with zero attached hydrogens (tertiary/aromatic N) is 1. The van der Waals surface area contributed by atoms with E-state index in [0.29, 0.717) is 9.21 Å². The zero-order valence-corrected chi connectivity index (χ0v) is 19.5. The number of amides is 4. The number of benzene rings is 1. The first kappa shape index (κ1) is 25.5. The third-order valence-corrected chi connectivity index (χ3v) is 5.99. The van der Waals surface area contributed by atoms with E-state index in [0.717, 1.165) is 17.4 Å². The smallest absolute Gasteiger partial charge is 0.265 e. The molecule has 9 nitrogen and oxygen atoms in total. The number of rotatable bonds is 8. The SMILES string of the molecule is CC(=O)N[C@H](CNC(=O)c1ccc(Cl)s1)C(=O)Nc1ccc(N2CCOCC2=O)c(C(F)F)c1. The van der Waals surface area contributed by atoms with E-state index in [1.54, 1.807) is 6.07 Å². The zero-order chi connectivity index (χ0) is 24.8. The maximum absolute atomic E-state index is 13.7. The molecule has 1 aliphatic rings. The van der Waals surface area contributed by atoms with Crippen molar-refractivity contribution in [2.45, 2.75) is 19.4 Å². The number of halogens is 3. The fraction of sp³-hybridized carbons (Fsp3) is 0.333. The second-order valence-electron chi connectivity index (χ2n) is 7.23. The van der Waals surface area contributed by atoms with Crippen LogP contribution in [0.2, 0.25) is 4.34 Å². The molecule has 3 N–H and O–H groups in total. The maximum atomic E-state index is 13.7. The Morgan fingerprint density at radius 2 is 2.00 bits per heavy atom. The molecule has 0 aliphatic carbocycles. The van der Waals surface area contributed by atoms with Crippen molar-refractivity contribution in [3.05, 3.63) is 45.1 Å². The fourth-order valence-electron chi connectivity index (χ4n) is 3.23. The Kier molecular flexibility index (Phi) is 8.53. The van der Waals surface area contributed by atoms with Gasteiger partial charge in [-0.15, -0.1) is 11.3 Å². The normalized spacial score (nSPS) is 14.6. The molecule has 0 saturated carbocycles. The van der Waals surface area contributed by atoms with E-state index in [1.165, 1.54) is 30.0 Å². The monoisotopic (exact) mass is 514 g/mol. The van der Waals surface area contributed by atoms with Crippen molar-refractivity contribution in [3.63, 3.8) is 0 Å². The quantitative estimate of drug-likeness (QED) is 0.500. The van der Waals surface area contributed by atoms with Crippen molar-refractivity contribution in [3.8, 4) is 0 Å². The van der Waals surface area contributed by atoms with Gasteiger partial charge in [0, 0.05) is 31.3 Å². The van der Waals surface area contributed by atoms with Crippen LogP contribution in [0.15, 0.2) is 30.3 Å². The van der Waals surface area contributed by atoms with Gasteiger partial charge in [-0.05, 0) is 30.3 Å². The number of carbonyl (C=O) groups excluding carboxylic acids is 4. The summed E-state index contributed by atoms with van der Waals surface area (Å²) < 4.78 is 32.9. The minimum atomic E-state index is -2.91. The highest BCUT2D eigenvalue weighted by Crippen LogP contribution is 2.33. The van der Waals surface area contributed by atoms with Crippen LogP contribution in [-0.2, 0) is 19.1 Å². The van der Waals surface area contributed by atoms with Gasteiger partial charge in [0.25, 0.3) is 18.2 Å². The first-order valence-electron chi connectivity index (χ1n) is 10.1. The largest absolute Gasteiger partial charge is 0.370 e. The Morgan fingerprint density at radius 1 is 1.24 bits per heavy atom. The average molecular weight is 515 g/mol. The van der Waals surface area contributed by atoms with Gasteiger partial charge in [0.2, 0.25) is 11.8 Å². The maximum Gasteiger partial charge on any atom is 0.265 e. The molecular weight excluding hydrogens is 494 g/mol. The first-order chi connectivity index (χ1) is 16.2. The Morgan fingerprint density at radius 3 is 2.62 bits per heavy atom. The summed E-state index contributed by atoms with van der Waals surface area (Å²) >= 11 is 6.87. The average Bonchev–Trinajstić information content (AvgIpc) is 3.23. The van der Waals surface area contributed by atoms with E-state index in [9.17, 15) is 28.0 Å². The van der Waals surface area contributed by atoms with Gasteiger partial charge in [0.05, 0.1) is 21.5 Å². The van der Waals surface area contributed by atoms with Gasteiger partial charge < -0.3 is 25.6 Å². The third-order valence-electron chi connectivity index (χ3n) is 4.76. The Labute approximate surface area is 202 Å². The number of morpholine rings is 1. The summed E-state index contributed by atoms with van der Waals surface area (Å²) in [4.78, 5) is 50.1. The van der Waals surface area contributed by atoms with Crippen molar-refractivity contribution in [1.82, 2.24) is 10.6 Å². The molecule has 2 aromatic rings. The topological polar surface area (TPSA) is 117 Å². The van der Waals surface area contributed by atoms with Crippen molar-refractivity contribution < 1.29 is 32.7 Å². The van der Waals surface area contributed by atoms with Crippen molar-refractivity contribution in [2.75, 3.05) is 36.5 Å². The van der Waals surface area contributed by atoms with Gasteiger partial charge in [-0.25, -0.2) is 8.78 Å². The summed E-state index contributed by atoms with van der Waals surface area (Å²) in [5.41, 5.74) is -0.370. The molecule has 4 amide bonds. The molecule has 1 saturated heterocycles. The van der Waals surface area contributed by atoms with Crippen LogP contribution in [0, 0.1) is 0 Å². The van der Waals surface area contributed by atoms with Crippen LogP contribution < -0.4 is 20.9 Å². The molecule has 3 rings (SSSR count). The van der Waals surface area contributed by atoms with E-state index in [1.807, 2.05) is 0 Å². The van der Waals surface area contributed by atoms with Crippen LogP contribution in [0.4, 0.5) is 20.2 Å². The van der Waals surface area contributed by atoms with Crippen LogP contribution in [0.1, 0.15) is 28.6 Å². The van der Waals surface area contributed by atoms with E-state index < -0.39 is 41.7 Å². The van der Waals surface area contributed by atoms with Crippen LogP contribution in [0.5, 0.6) is 0 Å². The highest BCUT2D eigenvalue weighted by Gasteiger charge is 2.27. The van der Waals surface area contributed by atoms with Gasteiger partial charge in [-0.3, -0.25) is 19.2 Å². The molecule has 1 aromatic carbocycles. The molecule has 0 unspecified atom stereocenters. The predicted octanol–water partition coefficient (Wildman–Crippen LogP) is 2.58. The minimum Gasteiger partial charge on any atom is -0.370 e. The summed E-state index contributed by atoms with van der Waals surface area (Å²) in [6, 6.07) is 5.65. The summed E-state index contributed by atoms with van der Waals surface area (Å²) in [5.74, 6) is -2.18. The van der Waals surface area contributed by atoms with Crippen LogP contribution in [-0.4, -0.2) is 56.0 Å². The number of nitrogens with one attached hydrogen (secondary N) is 3. The lowest BCUT2D eigenvalue weighted by molar-refractivity contribution is -0.125. The number of hydrogen-bond acceptors (Lipinski definition) is 6. The predicted molar refractivity (Wildman–Crippen MR) is 122 cm³/mol. The molecule has 2 heterocycles. The molecule has 182 valence electrons. The standard InChI is InChI=1S/C21H21ClF2N4O5S/c1-11(29)26-14(9-25-21(32)16-4-5-17(22)34-16)20(31)27-12-2-3-15(13(8-12)19(23)24)28-6-7-33-10-18(28)30/h2-5,8,14,19H,6-7,9-10H2,1H3,(H,25,32)(H,26,29)(H,27,31)/t14-/m1/s1. The van der Waals surface area contributed by atoms with E-state index >= 15 is 0 Å². The molecule has 1 aromatic heterocycles. The molecule has 1 aliphatic heterocycles. The fourth-order valence-corrected chi connectivity index (χ4v) is 4.19.